The number of aromatic nitrogens is 3. The van der Waals surface area contributed by atoms with Crippen LogP contribution in [0.1, 0.15) is 26.6 Å². The Morgan fingerprint density at radius 2 is 2.15 bits per heavy atom. The van der Waals surface area contributed by atoms with Crippen molar-refractivity contribution in [2.24, 2.45) is 5.92 Å². The first-order valence-corrected chi connectivity index (χ1v) is 6.76. The standard InChI is InChI=1S/C14H20N4O2/c1-10(2)9-20-11(3)14(19)15-8-13-17-16-12-6-4-5-7-18(12)13/h4-7,10-11H,8-9H2,1-3H3,(H,15,19). The largest absolute Gasteiger partial charge is 0.368 e. The molecule has 6 nitrogen and oxygen atoms in total. The molecule has 0 aliphatic carbocycles. The highest BCUT2D eigenvalue weighted by Gasteiger charge is 2.14. The summed E-state index contributed by atoms with van der Waals surface area (Å²) < 4.78 is 7.31. The number of carbonyl (C=O) groups excluding carboxylic acids is 1. The first-order valence-electron chi connectivity index (χ1n) is 6.76. The van der Waals surface area contributed by atoms with Crippen molar-refractivity contribution in [1.29, 1.82) is 0 Å². The summed E-state index contributed by atoms with van der Waals surface area (Å²) in [4.78, 5) is 11.9. The fourth-order valence-electron chi connectivity index (χ4n) is 1.73. The summed E-state index contributed by atoms with van der Waals surface area (Å²) in [7, 11) is 0. The molecular formula is C14H20N4O2. The lowest BCUT2D eigenvalue weighted by Crippen LogP contribution is -2.35. The lowest BCUT2D eigenvalue weighted by atomic mass is 10.2. The Morgan fingerprint density at radius 1 is 1.35 bits per heavy atom. The minimum absolute atomic E-state index is 0.140. The van der Waals surface area contributed by atoms with Crippen LogP contribution in [0.15, 0.2) is 24.4 Å². The fraction of sp³-hybridized carbons (Fsp3) is 0.500. The number of fused-ring (bicyclic) bond motifs is 1. The van der Waals surface area contributed by atoms with Crippen molar-refractivity contribution >= 4 is 11.6 Å². The number of pyridine rings is 1. The van der Waals surface area contributed by atoms with Crippen molar-refractivity contribution in [3.05, 3.63) is 30.2 Å². The second-order valence-electron chi connectivity index (χ2n) is 5.13. The number of hydrogen-bond acceptors (Lipinski definition) is 4. The highest BCUT2D eigenvalue weighted by Crippen LogP contribution is 2.03. The minimum atomic E-state index is -0.461. The van der Waals surface area contributed by atoms with Crippen LogP contribution in [0.2, 0.25) is 0 Å². The Hall–Kier alpha value is -1.95. The second-order valence-corrected chi connectivity index (χ2v) is 5.13. The van der Waals surface area contributed by atoms with E-state index >= 15 is 0 Å². The third kappa shape index (κ3) is 3.54. The molecule has 20 heavy (non-hydrogen) atoms. The molecule has 2 rings (SSSR count). The maximum atomic E-state index is 11.9. The van der Waals surface area contributed by atoms with Crippen molar-refractivity contribution in [1.82, 2.24) is 19.9 Å². The number of rotatable bonds is 6. The third-order valence-corrected chi connectivity index (χ3v) is 2.85. The van der Waals surface area contributed by atoms with Gasteiger partial charge < -0.3 is 10.1 Å². The zero-order valence-corrected chi connectivity index (χ0v) is 12.0. The lowest BCUT2D eigenvalue weighted by Gasteiger charge is -2.14. The van der Waals surface area contributed by atoms with Crippen molar-refractivity contribution in [3.63, 3.8) is 0 Å². The molecule has 1 N–H and O–H groups in total. The van der Waals surface area contributed by atoms with Gasteiger partial charge in [0.15, 0.2) is 11.5 Å². The Bertz CT molecular complexity index is 579. The fourth-order valence-corrected chi connectivity index (χ4v) is 1.73. The molecular weight excluding hydrogens is 256 g/mol. The SMILES string of the molecule is CC(C)COC(C)C(=O)NCc1nnc2ccccn12. The first kappa shape index (κ1) is 14.5. The van der Waals surface area contributed by atoms with Gasteiger partial charge in [-0.05, 0) is 25.0 Å². The summed E-state index contributed by atoms with van der Waals surface area (Å²) in [6.07, 6.45) is 1.41. The molecule has 0 radical (unpaired) electrons. The van der Waals surface area contributed by atoms with E-state index in [9.17, 15) is 4.79 Å². The van der Waals surface area contributed by atoms with Crippen molar-refractivity contribution in [3.8, 4) is 0 Å². The van der Waals surface area contributed by atoms with E-state index in [1.165, 1.54) is 0 Å². The topological polar surface area (TPSA) is 68.5 Å². The maximum absolute atomic E-state index is 11.9. The Labute approximate surface area is 118 Å². The van der Waals surface area contributed by atoms with Gasteiger partial charge in [0, 0.05) is 12.8 Å². The Morgan fingerprint density at radius 3 is 2.90 bits per heavy atom. The highest BCUT2D eigenvalue weighted by atomic mass is 16.5. The average molecular weight is 276 g/mol. The molecule has 6 heteroatoms. The molecule has 0 aromatic carbocycles. The maximum Gasteiger partial charge on any atom is 0.249 e. The number of ether oxygens (including phenoxy) is 1. The zero-order valence-electron chi connectivity index (χ0n) is 12.0. The Kier molecular flexibility index (Phi) is 4.68. The first-order chi connectivity index (χ1) is 9.58. The quantitative estimate of drug-likeness (QED) is 0.866. The van der Waals surface area contributed by atoms with Gasteiger partial charge in [-0.15, -0.1) is 10.2 Å². The molecule has 0 spiro atoms. The van der Waals surface area contributed by atoms with Crippen LogP contribution in [0.25, 0.3) is 5.65 Å². The molecule has 0 aliphatic rings. The van der Waals surface area contributed by atoms with Gasteiger partial charge in [-0.3, -0.25) is 9.20 Å². The second kappa shape index (κ2) is 6.47. The predicted molar refractivity (Wildman–Crippen MR) is 75.1 cm³/mol. The summed E-state index contributed by atoms with van der Waals surface area (Å²) in [6, 6.07) is 5.66. The van der Waals surface area contributed by atoms with Gasteiger partial charge in [0.2, 0.25) is 5.91 Å². The molecule has 0 bridgehead atoms. The summed E-state index contributed by atoms with van der Waals surface area (Å²) >= 11 is 0. The van der Waals surface area contributed by atoms with Crippen LogP contribution in [-0.2, 0) is 16.1 Å². The predicted octanol–water partition coefficient (Wildman–Crippen LogP) is 1.41. The summed E-state index contributed by atoms with van der Waals surface area (Å²) in [6.45, 7) is 6.75. The van der Waals surface area contributed by atoms with Crippen LogP contribution < -0.4 is 5.32 Å². The van der Waals surface area contributed by atoms with E-state index in [2.05, 4.69) is 15.5 Å². The van der Waals surface area contributed by atoms with Gasteiger partial charge in [-0.25, -0.2) is 0 Å². The molecule has 0 aliphatic heterocycles. The van der Waals surface area contributed by atoms with E-state index in [1.54, 1.807) is 6.92 Å². The van der Waals surface area contributed by atoms with E-state index < -0.39 is 6.10 Å². The van der Waals surface area contributed by atoms with Crippen molar-refractivity contribution in [2.75, 3.05) is 6.61 Å². The van der Waals surface area contributed by atoms with Crippen molar-refractivity contribution in [2.45, 2.75) is 33.4 Å². The van der Waals surface area contributed by atoms with Crippen LogP contribution in [0.4, 0.5) is 0 Å². The number of nitrogens with zero attached hydrogens (tertiary/aromatic N) is 3. The highest BCUT2D eigenvalue weighted by molar-refractivity contribution is 5.80. The van der Waals surface area contributed by atoms with E-state index in [1.807, 2.05) is 42.6 Å². The smallest absolute Gasteiger partial charge is 0.249 e. The molecule has 1 atom stereocenters. The van der Waals surface area contributed by atoms with Gasteiger partial charge >= 0.3 is 0 Å². The van der Waals surface area contributed by atoms with Gasteiger partial charge in [0.25, 0.3) is 0 Å². The number of amides is 1. The van der Waals surface area contributed by atoms with Crippen LogP contribution >= 0.6 is 0 Å². The van der Waals surface area contributed by atoms with Gasteiger partial charge in [-0.2, -0.15) is 0 Å². The average Bonchev–Trinajstić information content (AvgIpc) is 2.85. The van der Waals surface area contributed by atoms with E-state index in [4.69, 9.17) is 4.74 Å². The summed E-state index contributed by atoms with van der Waals surface area (Å²) in [5, 5.41) is 10.9. The lowest BCUT2D eigenvalue weighted by molar-refractivity contribution is -0.132. The van der Waals surface area contributed by atoms with E-state index in [-0.39, 0.29) is 5.91 Å². The zero-order chi connectivity index (χ0) is 14.5. The monoisotopic (exact) mass is 276 g/mol. The number of hydrogen-bond donors (Lipinski definition) is 1. The molecule has 2 aromatic heterocycles. The number of carbonyl (C=O) groups is 1. The Balaban J connectivity index is 1.90. The molecule has 2 heterocycles. The minimum Gasteiger partial charge on any atom is -0.368 e. The molecule has 0 saturated carbocycles. The molecule has 1 unspecified atom stereocenters. The van der Waals surface area contributed by atoms with Gasteiger partial charge in [0.1, 0.15) is 6.10 Å². The molecule has 2 aromatic rings. The summed E-state index contributed by atoms with van der Waals surface area (Å²) in [5.74, 6) is 0.967. The van der Waals surface area contributed by atoms with E-state index in [0.717, 1.165) is 5.65 Å². The van der Waals surface area contributed by atoms with Crippen LogP contribution in [-0.4, -0.2) is 33.2 Å². The number of nitrogens with one attached hydrogen (secondary N) is 1. The third-order valence-electron chi connectivity index (χ3n) is 2.85. The van der Waals surface area contributed by atoms with Crippen LogP contribution in [0, 0.1) is 5.92 Å². The van der Waals surface area contributed by atoms with Gasteiger partial charge in [-0.1, -0.05) is 19.9 Å². The van der Waals surface area contributed by atoms with Crippen LogP contribution in [0.3, 0.4) is 0 Å². The molecule has 0 saturated heterocycles. The summed E-state index contributed by atoms with van der Waals surface area (Å²) in [5.41, 5.74) is 0.765. The van der Waals surface area contributed by atoms with E-state index in [0.29, 0.717) is 24.9 Å². The molecule has 0 fully saturated rings. The molecule has 108 valence electrons. The molecule has 1 amide bonds. The normalized spacial score (nSPS) is 12.8. The van der Waals surface area contributed by atoms with Gasteiger partial charge in [0.05, 0.1) is 6.54 Å². The van der Waals surface area contributed by atoms with Crippen molar-refractivity contribution < 1.29 is 9.53 Å². The van der Waals surface area contributed by atoms with Crippen LogP contribution in [0.5, 0.6) is 0 Å².